The Bertz CT molecular complexity index is 225. The largest absolute Gasteiger partial charge is 0.385 e. The second kappa shape index (κ2) is 11.1. The molecule has 0 N–H and O–H groups in total. The maximum absolute atomic E-state index is 8.16. The van der Waals surface area contributed by atoms with E-state index in [-0.39, 0.29) is 31.1 Å². The molecule has 0 saturated heterocycles. The topological polar surface area (TPSA) is 28.1 Å². The van der Waals surface area contributed by atoms with Crippen LogP contribution in [0, 0.1) is 36.5 Å². The summed E-state index contributed by atoms with van der Waals surface area (Å²) in [6.07, 6.45) is 0. The van der Waals surface area contributed by atoms with Gasteiger partial charge < -0.3 is 0 Å². The zero-order valence-electron chi connectivity index (χ0n) is 6.81. The Hall–Kier alpha value is 0.107. The van der Waals surface area contributed by atoms with E-state index in [2.05, 4.69) is 17.5 Å². The van der Waals surface area contributed by atoms with E-state index in [0.717, 1.165) is 0 Å². The van der Waals surface area contributed by atoms with Crippen LogP contribution in [0.25, 0.3) is 4.98 Å². The van der Waals surface area contributed by atoms with Gasteiger partial charge in [-0.1, -0.05) is 25.0 Å². The van der Waals surface area contributed by atoms with Crippen molar-refractivity contribution in [1.82, 2.24) is 0 Å². The molecule has 0 amide bonds. The van der Waals surface area contributed by atoms with Crippen molar-refractivity contribution in [1.29, 1.82) is 5.39 Å². The number of thiol groups is 1. The van der Waals surface area contributed by atoms with Gasteiger partial charge in [-0.25, -0.2) is 12.5 Å². The summed E-state index contributed by atoms with van der Waals surface area (Å²) in [6, 6.07) is 8.94. The van der Waals surface area contributed by atoms with Gasteiger partial charge >= 0.3 is 5.69 Å². The summed E-state index contributed by atoms with van der Waals surface area (Å²) in [5.41, 5.74) is 0.590. The molecule has 0 saturated carbocycles. The minimum Gasteiger partial charge on any atom is -0.235 e. The monoisotopic (exact) mass is 402 g/mol. The number of nitrogens with zero attached hydrogens (tertiary/aromatic N) is 2. The van der Waals surface area contributed by atoms with Crippen molar-refractivity contribution in [2.45, 2.75) is 6.82 Å². The molecule has 1 aromatic carbocycles. The Morgan fingerprint density at radius 3 is 2.00 bits per heavy atom. The third-order valence-corrected chi connectivity index (χ3v) is 0.872. The summed E-state index contributed by atoms with van der Waals surface area (Å²) in [6.45, 7) is 3.56. The summed E-state index contributed by atoms with van der Waals surface area (Å²) in [5, 5.41) is 8.16. The van der Waals surface area contributed by atoms with Crippen LogP contribution < -0.4 is 0 Å². The minimum atomic E-state index is 0. The van der Waals surface area contributed by atoms with Gasteiger partial charge in [0, 0.05) is 43.2 Å². The minimum absolute atomic E-state index is 0. The standard InChI is InChI=1S/C6H5N2.CH4BS.U/c7-8-6-4-2-1-3-5-6;1-2-3;/h1-5H;3H,1H3;/q+1;;. The van der Waals surface area contributed by atoms with Crippen LogP contribution in [0.5, 0.6) is 0 Å². The fourth-order valence-electron chi connectivity index (χ4n) is 0.495. The molecule has 0 aliphatic rings. The van der Waals surface area contributed by atoms with Crippen molar-refractivity contribution in [3.05, 3.63) is 35.3 Å². The SMILES string of the molecule is C[B]S.N#[N+]c1ccccc1.[U]. The molecule has 0 fully saturated rings. The first kappa shape index (κ1) is 14.6. The molecule has 0 aliphatic carbocycles. The fraction of sp³-hybridized carbons (Fsp3) is 0.143. The predicted octanol–water partition coefficient (Wildman–Crippen LogP) is 2.75. The number of hydrogen-bond donors (Lipinski definition) is 1. The van der Waals surface area contributed by atoms with Gasteiger partial charge in [0.05, 0.1) is 0 Å². The number of hydrogen-bond acceptors (Lipinski definition) is 2. The summed E-state index contributed by atoms with van der Waals surface area (Å²) < 4.78 is 0. The molecule has 0 unspecified atom stereocenters. The molecule has 0 heterocycles. The van der Waals surface area contributed by atoms with Gasteiger partial charge in [-0.15, -0.1) is 0 Å². The second-order valence-corrected chi connectivity index (χ2v) is 2.21. The zero-order chi connectivity index (χ0) is 8.53. The van der Waals surface area contributed by atoms with Crippen molar-refractivity contribution in [3.8, 4) is 0 Å². The second-order valence-electron chi connectivity index (χ2n) is 1.69. The molecule has 0 aliphatic heterocycles. The van der Waals surface area contributed by atoms with Crippen LogP contribution in [0.2, 0.25) is 6.82 Å². The van der Waals surface area contributed by atoms with Crippen LogP contribution in [-0.2, 0) is 0 Å². The molecule has 12 heavy (non-hydrogen) atoms. The third-order valence-electron chi connectivity index (χ3n) is 0.872. The molecule has 0 bridgehead atoms. The quantitative estimate of drug-likeness (QED) is 0.404. The average molecular weight is 402 g/mol. The Labute approximate surface area is 103 Å². The average Bonchev–Trinajstić information content (AvgIpc) is 2.08. The van der Waals surface area contributed by atoms with Crippen LogP contribution >= 0.6 is 12.5 Å². The summed E-state index contributed by atoms with van der Waals surface area (Å²) in [7, 11) is 0. The van der Waals surface area contributed by atoms with Gasteiger partial charge in [-0.2, -0.15) is 0 Å². The predicted molar refractivity (Wildman–Crippen MR) is 51.8 cm³/mol. The van der Waals surface area contributed by atoms with Gasteiger partial charge in [0.1, 0.15) is 0 Å². The Kier molecular flexibility index (Phi) is 13.5. The van der Waals surface area contributed by atoms with Crippen molar-refractivity contribution in [2.75, 3.05) is 0 Å². The van der Waals surface area contributed by atoms with Gasteiger partial charge in [0.15, 0.2) is 11.5 Å². The molecule has 59 valence electrons. The number of diazo groups is 1. The van der Waals surface area contributed by atoms with Crippen molar-refractivity contribution >= 4 is 24.7 Å². The summed E-state index contributed by atoms with van der Waals surface area (Å²) in [5.74, 6) is 0. The third kappa shape index (κ3) is 8.21. The first-order chi connectivity index (χ1) is 5.35. The molecule has 2 nitrogen and oxygen atoms in total. The molecule has 1 aromatic rings. The molecular formula is C7H9BN2SU+. The van der Waals surface area contributed by atoms with E-state index in [0.29, 0.717) is 5.69 Å². The van der Waals surface area contributed by atoms with E-state index in [1.54, 1.807) is 18.7 Å². The van der Waals surface area contributed by atoms with Crippen LogP contribution in [0.15, 0.2) is 30.3 Å². The number of rotatable bonds is 0. The van der Waals surface area contributed by atoms with E-state index < -0.39 is 0 Å². The Morgan fingerprint density at radius 1 is 1.33 bits per heavy atom. The molecule has 0 aromatic heterocycles. The van der Waals surface area contributed by atoms with Gasteiger partial charge in [-0.05, 0) is 0 Å². The van der Waals surface area contributed by atoms with Crippen molar-refractivity contribution in [3.63, 3.8) is 0 Å². The maximum Gasteiger partial charge on any atom is 0.385 e. The number of benzene rings is 1. The van der Waals surface area contributed by atoms with Crippen molar-refractivity contribution in [2.24, 2.45) is 0 Å². The van der Waals surface area contributed by atoms with E-state index in [1.165, 1.54) is 0 Å². The normalized spacial score (nSPS) is 6.42. The molecular weight excluding hydrogens is 393 g/mol. The first-order valence-corrected chi connectivity index (χ1v) is 3.69. The van der Waals surface area contributed by atoms with E-state index in [4.69, 9.17) is 5.39 Å². The van der Waals surface area contributed by atoms with Crippen molar-refractivity contribution < 1.29 is 31.1 Å². The zero-order valence-corrected chi connectivity index (χ0v) is 11.9. The van der Waals surface area contributed by atoms with E-state index in [1.807, 2.05) is 25.0 Å². The summed E-state index contributed by atoms with van der Waals surface area (Å²) in [4.78, 5) is 2.97. The van der Waals surface area contributed by atoms with Crippen LogP contribution in [0.4, 0.5) is 5.69 Å². The van der Waals surface area contributed by atoms with Crippen LogP contribution in [0.3, 0.4) is 0 Å². The molecule has 0 spiro atoms. The first-order valence-electron chi connectivity index (χ1n) is 3.17. The molecule has 1 rings (SSSR count). The van der Waals surface area contributed by atoms with E-state index in [9.17, 15) is 0 Å². The van der Waals surface area contributed by atoms with Crippen LogP contribution in [0.1, 0.15) is 0 Å². The summed E-state index contributed by atoms with van der Waals surface area (Å²) >= 11 is 3.66. The molecule has 1 radical (unpaired) electrons. The fourth-order valence-corrected chi connectivity index (χ4v) is 0.495. The van der Waals surface area contributed by atoms with Gasteiger partial charge in [-0.3, -0.25) is 0 Å². The van der Waals surface area contributed by atoms with E-state index >= 15 is 0 Å². The van der Waals surface area contributed by atoms with Crippen LogP contribution in [-0.4, -0.2) is 6.56 Å². The Morgan fingerprint density at radius 2 is 1.75 bits per heavy atom. The maximum atomic E-state index is 8.16. The van der Waals surface area contributed by atoms with Gasteiger partial charge in [0.2, 0.25) is 5.39 Å². The Balaban J connectivity index is 0. The smallest absolute Gasteiger partial charge is 0.235 e. The molecule has 5 heteroatoms. The molecule has 0 atom stereocenters. The van der Waals surface area contributed by atoms with Gasteiger partial charge in [0.25, 0.3) is 0 Å².